The number of hydrogen-bond donors (Lipinski definition) is 0. The molecule has 0 radical (unpaired) electrons. The zero-order valence-corrected chi connectivity index (χ0v) is 10.2. The van der Waals surface area contributed by atoms with E-state index in [0.717, 1.165) is 10.8 Å². The van der Waals surface area contributed by atoms with Crippen LogP contribution in [0.2, 0.25) is 0 Å². The maximum absolute atomic E-state index is 11.1. The van der Waals surface area contributed by atoms with E-state index in [1.165, 1.54) is 0 Å². The van der Waals surface area contributed by atoms with Crippen molar-refractivity contribution in [1.29, 1.82) is 0 Å². The van der Waals surface area contributed by atoms with E-state index in [1.54, 1.807) is 12.1 Å². The van der Waals surface area contributed by atoms with Crippen molar-refractivity contribution < 1.29 is 27.5 Å². The summed E-state index contributed by atoms with van der Waals surface area (Å²) in [6.07, 6.45) is 0. The summed E-state index contributed by atoms with van der Waals surface area (Å²) in [5.41, 5.74) is 0. The van der Waals surface area contributed by atoms with Gasteiger partial charge in [0, 0.05) is 0 Å². The second-order valence-corrected chi connectivity index (χ2v) is 7.50. The van der Waals surface area contributed by atoms with Crippen molar-refractivity contribution in [2.24, 2.45) is 0 Å². The Morgan fingerprint density at radius 1 is 0.765 bits per heavy atom. The summed E-state index contributed by atoms with van der Waals surface area (Å²) in [5, 5.41) is 3.35. The molecule has 0 bridgehead atoms. The van der Waals surface area contributed by atoms with Gasteiger partial charge in [0.2, 0.25) is 0 Å². The van der Waals surface area contributed by atoms with E-state index in [0.29, 0.717) is 19.9 Å². The number of rotatable bonds is 4. The van der Waals surface area contributed by atoms with Gasteiger partial charge in [-0.1, -0.05) is 0 Å². The summed E-state index contributed by atoms with van der Waals surface area (Å²) in [5.74, 6) is 0. The minimum atomic E-state index is -3.50. The molecule has 0 heterocycles. The molecule has 0 N–H and O–H groups in total. The normalized spacial score (nSPS) is 12.0. The van der Waals surface area contributed by atoms with Gasteiger partial charge in [-0.15, -0.1) is 0 Å². The van der Waals surface area contributed by atoms with E-state index >= 15 is 0 Å². The van der Waals surface area contributed by atoms with Crippen LogP contribution in [0.1, 0.15) is 0 Å². The molecule has 17 heavy (non-hydrogen) atoms. The summed E-state index contributed by atoms with van der Waals surface area (Å²) in [4.78, 5) is 33.4. The van der Waals surface area contributed by atoms with Crippen LogP contribution >= 0.6 is 0 Å². The van der Waals surface area contributed by atoms with Crippen LogP contribution in [0.5, 0.6) is 0 Å². The van der Waals surface area contributed by atoms with Gasteiger partial charge in [-0.25, -0.2) is 0 Å². The number of fused-ring (bicyclic) bond motifs is 1. The number of hydrogen-bond acceptors (Lipinski definition) is 3. The molecule has 0 aliphatic carbocycles. The first-order chi connectivity index (χ1) is 8.27. The fraction of sp³-hybridized carbons (Fsp3) is 0. The van der Waals surface area contributed by atoms with Crippen LogP contribution < -0.4 is 4.43 Å². The van der Waals surface area contributed by atoms with Crippen molar-refractivity contribution >= 4 is 30.6 Å². The minimum absolute atomic E-state index is 0.540. The Kier molecular flexibility index (Phi) is 3.19. The summed E-state index contributed by atoms with van der Waals surface area (Å²) in [6, 6.07) is 12.8. The van der Waals surface area contributed by atoms with Gasteiger partial charge in [-0.3, -0.25) is 0 Å². The Morgan fingerprint density at radius 3 is 2.00 bits per heavy atom. The van der Waals surface area contributed by atoms with Crippen molar-refractivity contribution in [3.05, 3.63) is 42.5 Å². The van der Waals surface area contributed by atoms with Gasteiger partial charge in [0.1, 0.15) is 0 Å². The van der Waals surface area contributed by atoms with Gasteiger partial charge in [0.25, 0.3) is 0 Å². The fourth-order valence-corrected chi connectivity index (χ4v) is 3.80. The first-order valence-electron chi connectivity index (χ1n) is 4.94. The third-order valence-corrected chi connectivity index (χ3v) is 5.85. The molecule has 0 saturated heterocycles. The summed E-state index contributed by atoms with van der Waals surface area (Å²) >= 11 is -3.50. The number of carbonyl (C=O) groups is 3. The van der Waals surface area contributed by atoms with E-state index in [4.69, 9.17) is 0 Å². The van der Waals surface area contributed by atoms with Crippen molar-refractivity contribution in [1.82, 2.24) is 0 Å². The summed E-state index contributed by atoms with van der Waals surface area (Å²) in [7, 11) is 0. The van der Waals surface area contributed by atoms with Gasteiger partial charge < -0.3 is 0 Å². The first-order valence-corrected chi connectivity index (χ1v) is 7.79. The second-order valence-electron chi connectivity index (χ2n) is 3.53. The van der Waals surface area contributed by atoms with Crippen LogP contribution in [0.15, 0.2) is 42.5 Å². The molecule has 2 rings (SSSR count). The van der Waals surface area contributed by atoms with Crippen LogP contribution in [0.25, 0.3) is 10.8 Å². The average Bonchev–Trinajstić information content (AvgIpc) is 2.41. The van der Waals surface area contributed by atoms with Gasteiger partial charge in [-0.2, -0.15) is 0 Å². The predicted octanol–water partition coefficient (Wildman–Crippen LogP) is 1.19. The summed E-state index contributed by atoms with van der Waals surface area (Å²) in [6.45, 7) is 0. The van der Waals surface area contributed by atoms with E-state index in [9.17, 15) is 14.4 Å². The SMILES string of the molecule is O=[CH][Cr]([CH]=O)([CH]=O)[c]1cccc2ccccc12. The molecule has 0 aliphatic heterocycles. The third kappa shape index (κ3) is 1.82. The van der Waals surface area contributed by atoms with Crippen LogP contribution in [0, 0.1) is 0 Å². The Bertz CT molecular complexity index is 565. The van der Waals surface area contributed by atoms with Crippen LogP contribution in [-0.2, 0) is 27.5 Å². The maximum atomic E-state index is 11.1. The topological polar surface area (TPSA) is 51.2 Å². The molecule has 0 saturated carbocycles. The molecule has 0 amide bonds. The zero-order chi connectivity index (χ0) is 12.3. The molecule has 0 aliphatic rings. The van der Waals surface area contributed by atoms with E-state index < -0.39 is 13.1 Å². The van der Waals surface area contributed by atoms with Gasteiger partial charge in [0.05, 0.1) is 0 Å². The standard InChI is InChI=1S/C10H7.3CHO.Cr/c1-2-6-10-8-4-3-7-9(10)5-1;3*1-2;/h1-7H;3*1H;. The molecule has 0 unspecified atom stereocenters. The fourth-order valence-electron chi connectivity index (χ4n) is 1.73. The quantitative estimate of drug-likeness (QED) is 0.781. The Labute approximate surface area is 101 Å². The van der Waals surface area contributed by atoms with Crippen LogP contribution in [0.4, 0.5) is 0 Å². The van der Waals surface area contributed by atoms with Gasteiger partial charge >= 0.3 is 101 Å². The molecule has 0 spiro atoms. The van der Waals surface area contributed by atoms with E-state index in [2.05, 4.69) is 0 Å². The molecule has 4 heteroatoms. The Hall–Kier alpha value is -1.76. The second kappa shape index (κ2) is 4.62. The number of benzene rings is 2. The molecule has 86 valence electrons. The van der Waals surface area contributed by atoms with Crippen LogP contribution in [0.3, 0.4) is 0 Å². The average molecular weight is 266 g/mol. The third-order valence-electron chi connectivity index (χ3n) is 2.61. The number of carbonyl (C=O) groups excluding carboxylic acids is 3. The van der Waals surface area contributed by atoms with Gasteiger partial charge in [-0.05, 0) is 0 Å². The van der Waals surface area contributed by atoms with Crippen molar-refractivity contribution in [3.8, 4) is 0 Å². The first kappa shape index (κ1) is 11.7. The Morgan fingerprint density at radius 2 is 1.35 bits per heavy atom. The summed E-state index contributed by atoms with van der Waals surface area (Å²) < 4.78 is 0.583. The van der Waals surface area contributed by atoms with Gasteiger partial charge in [0.15, 0.2) is 0 Å². The molecule has 2 aromatic rings. The molecular formula is C13H10CrO3. The van der Waals surface area contributed by atoms with E-state index in [1.807, 2.05) is 30.3 Å². The van der Waals surface area contributed by atoms with Crippen molar-refractivity contribution in [3.63, 3.8) is 0 Å². The predicted molar refractivity (Wildman–Crippen MR) is 63.8 cm³/mol. The Balaban J connectivity index is 2.82. The molecule has 2 aromatic carbocycles. The van der Waals surface area contributed by atoms with Crippen LogP contribution in [-0.4, -0.2) is 15.4 Å². The molecule has 0 atom stereocenters. The van der Waals surface area contributed by atoms with Crippen molar-refractivity contribution in [2.45, 2.75) is 0 Å². The molecule has 0 fully saturated rings. The van der Waals surface area contributed by atoms with Crippen molar-refractivity contribution in [2.75, 3.05) is 0 Å². The molecule has 0 aromatic heterocycles. The zero-order valence-electron chi connectivity index (χ0n) is 8.91. The molecule has 3 nitrogen and oxygen atoms in total. The monoisotopic (exact) mass is 266 g/mol. The molecular weight excluding hydrogens is 256 g/mol. The van der Waals surface area contributed by atoms with E-state index in [-0.39, 0.29) is 0 Å².